The van der Waals surface area contributed by atoms with E-state index in [1.807, 2.05) is 65.2 Å². The zero-order valence-electron chi connectivity index (χ0n) is 14.8. The molecule has 5 aromatic rings. The number of hydrogen-bond donors (Lipinski definition) is 2. The first-order valence-electron chi connectivity index (χ1n) is 8.88. The van der Waals surface area contributed by atoms with Gasteiger partial charge in [-0.25, -0.2) is 4.98 Å². The van der Waals surface area contributed by atoms with Crippen LogP contribution in [-0.4, -0.2) is 24.5 Å². The summed E-state index contributed by atoms with van der Waals surface area (Å²) < 4.78 is 1.90. The van der Waals surface area contributed by atoms with E-state index in [1.54, 1.807) is 6.20 Å². The molecule has 2 N–H and O–H groups in total. The molecular weight excluding hydrogens is 352 g/mol. The minimum atomic E-state index is -0.349. The van der Waals surface area contributed by atoms with Gasteiger partial charge in [-0.3, -0.25) is 14.3 Å². The average Bonchev–Trinajstić information content (AvgIpc) is 3.23. The Balaban J connectivity index is 1.68. The standard InChI is InChI=1S/C21H16N6O/c28-20-18-19(24-13-23-18)27(12-14-6-2-1-3-7-14)21(26-20)25-17-10-4-9-16-15(17)8-5-11-22-16/h1-11,13H,12H2,(H,23,24)(H,25,26,28). The Labute approximate surface area is 159 Å². The zero-order chi connectivity index (χ0) is 18.9. The van der Waals surface area contributed by atoms with Crippen LogP contribution in [-0.2, 0) is 6.54 Å². The lowest BCUT2D eigenvalue weighted by Gasteiger charge is -2.15. The molecule has 3 heterocycles. The normalized spacial score (nSPS) is 11.1. The van der Waals surface area contributed by atoms with Gasteiger partial charge in [0, 0.05) is 11.6 Å². The van der Waals surface area contributed by atoms with Gasteiger partial charge in [0.25, 0.3) is 0 Å². The van der Waals surface area contributed by atoms with Gasteiger partial charge >= 0.3 is 5.56 Å². The van der Waals surface area contributed by atoms with Crippen LogP contribution in [0.4, 0.5) is 11.6 Å². The smallest absolute Gasteiger partial charge is 0.300 e. The number of imidazole rings is 1. The fourth-order valence-corrected chi connectivity index (χ4v) is 3.31. The summed E-state index contributed by atoms with van der Waals surface area (Å²) in [7, 11) is 0. The summed E-state index contributed by atoms with van der Waals surface area (Å²) in [5.74, 6) is 0.435. The number of nitrogens with one attached hydrogen (secondary N) is 2. The topological polar surface area (TPSA) is 88.5 Å². The third kappa shape index (κ3) is 2.79. The third-order valence-corrected chi connectivity index (χ3v) is 4.63. The van der Waals surface area contributed by atoms with Crippen molar-refractivity contribution in [3.8, 4) is 0 Å². The van der Waals surface area contributed by atoms with Crippen LogP contribution >= 0.6 is 0 Å². The summed E-state index contributed by atoms with van der Waals surface area (Å²) in [5, 5.41) is 4.27. The Morgan fingerprint density at radius 2 is 1.86 bits per heavy atom. The number of anilines is 2. The number of fused-ring (bicyclic) bond motifs is 2. The van der Waals surface area contributed by atoms with E-state index in [-0.39, 0.29) is 5.56 Å². The summed E-state index contributed by atoms with van der Waals surface area (Å²) in [6.45, 7) is 0.529. The number of benzene rings is 2. The molecule has 0 radical (unpaired) electrons. The minimum absolute atomic E-state index is 0.349. The fourth-order valence-electron chi connectivity index (χ4n) is 3.31. The molecule has 3 aromatic heterocycles. The Bertz CT molecular complexity index is 1330. The second-order valence-electron chi connectivity index (χ2n) is 6.41. The summed E-state index contributed by atoms with van der Waals surface area (Å²) in [5.41, 5.74) is 3.38. The van der Waals surface area contributed by atoms with Gasteiger partial charge in [-0.2, -0.15) is 4.98 Å². The molecule has 0 unspecified atom stereocenters. The van der Waals surface area contributed by atoms with Crippen LogP contribution in [0.2, 0.25) is 0 Å². The molecule has 0 spiro atoms. The van der Waals surface area contributed by atoms with E-state index in [2.05, 4.69) is 25.3 Å². The van der Waals surface area contributed by atoms with E-state index in [9.17, 15) is 4.79 Å². The van der Waals surface area contributed by atoms with Crippen LogP contribution < -0.4 is 10.9 Å². The van der Waals surface area contributed by atoms with Gasteiger partial charge in [0.15, 0.2) is 11.2 Å². The minimum Gasteiger partial charge on any atom is -0.339 e. The summed E-state index contributed by atoms with van der Waals surface area (Å²) in [6, 6.07) is 19.7. The molecule has 0 aliphatic rings. The molecule has 2 aromatic carbocycles. The van der Waals surface area contributed by atoms with Gasteiger partial charge in [0.1, 0.15) is 0 Å². The SMILES string of the molecule is O=c1nc(Nc2cccc3ncccc23)n(Cc2ccccc2)c2nc[nH]c12. The molecular formula is C21H16N6O. The molecule has 7 heteroatoms. The van der Waals surface area contributed by atoms with E-state index in [0.29, 0.717) is 23.7 Å². The first-order chi connectivity index (χ1) is 13.8. The largest absolute Gasteiger partial charge is 0.339 e. The molecule has 0 saturated heterocycles. The Morgan fingerprint density at radius 3 is 2.75 bits per heavy atom. The highest BCUT2D eigenvalue weighted by Gasteiger charge is 2.14. The maximum absolute atomic E-state index is 12.5. The lowest BCUT2D eigenvalue weighted by atomic mass is 10.2. The van der Waals surface area contributed by atoms with E-state index >= 15 is 0 Å². The average molecular weight is 368 g/mol. The highest BCUT2D eigenvalue weighted by molar-refractivity contribution is 5.92. The number of rotatable bonds is 4. The fraction of sp³-hybridized carbons (Fsp3) is 0.0476. The first-order valence-corrected chi connectivity index (χ1v) is 8.88. The van der Waals surface area contributed by atoms with Crippen molar-refractivity contribution in [2.75, 3.05) is 5.32 Å². The molecule has 136 valence electrons. The Hall–Kier alpha value is -4.00. The monoisotopic (exact) mass is 368 g/mol. The maximum atomic E-state index is 12.5. The van der Waals surface area contributed by atoms with E-state index in [1.165, 1.54) is 6.33 Å². The second-order valence-corrected chi connectivity index (χ2v) is 6.41. The number of pyridine rings is 1. The lowest BCUT2D eigenvalue weighted by Crippen LogP contribution is -2.18. The number of aromatic nitrogens is 5. The summed E-state index contributed by atoms with van der Waals surface area (Å²) in [6.07, 6.45) is 3.27. The molecule has 0 amide bonds. The zero-order valence-corrected chi connectivity index (χ0v) is 14.8. The highest BCUT2D eigenvalue weighted by Crippen LogP contribution is 2.25. The molecule has 0 fully saturated rings. The van der Waals surface area contributed by atoms with Crippen molar-refractivity contribution in [1.82, 2.24) is 24.5 Å². The third-order valence-electron chi connectivity index (χ3n) is 4.63. The van der Waals surface area contributed by atoms with Crippen LogP contribution in [0.3, 0.4) is 0 Å². The predicted octanol–water partition coefficient (Wildman–Crippen LogP) is 3.46. The molecule has 7 nitrogen and oxygen atoms in total. The van der Waals surface area contributed by atoms with Crippen molar-refractivity contribution in [3.63, 3.8) is 0 Å². The lowest BCUT2D eigenvalue weighted by molar-refractivity contribution is 0.802. The Kier molecular flexibility index (Phi) is 3.83. The van der Waals surface area contributed by atoms with Gasteiger partial charge in [-0.15, -0.1) is 0 Å². The van der Waals surface area contributed by atoms with Crippen LogP contribution in [0.1, 0.15) is 5.56 Å². The second kappa shape index (κ2) is 6.62. The molecule has 0 bridgehead atoms. The van der Waals surface area contributed by atoms with Crippen molar-refractivity contribution in [1.29, 1.82) is 0 Å². The van der Waals surface area contributed by atoms with E-state index in [4.69, 9.17) is 0 Å². The predicted molar refractivity (Wildman–Crippen MR) is 109 cm³/mol. The van der Waals surface area contributed by atoms with E-state index in [0.717, 1.165) is 22.2 Å². The van der Waals surface area contributed by atoms with Crippen molar-refractivity contribution < 1.29 is 0 Å². The van der Waals surface area contributed by atoms with Crippen LogP contribution in [0.5, 0.6) is 0 Å². The van der Waals surface area contributed by atoms with Gasteiger partial charge in [0.2, 0.25) is 5.95 Å². The molecule has 28 heavy (non-hydrogen) atoms. The molecule has 0 saturated carbocycles. The number of aromatic amines is 1. The summed E-state index contributed by atoms with van der Waals surface area (Å²) >= 11 is 0. The maximum Gasteiger partial charge on any atom is 0.300 e. The number of H-pyrrole nitrogens is 1. The van der Waals surface area contributed by atoms with Crippen LogP contribution in [0.15, 0.2) is 78.0 Å². The molecule has 0 atom stereocenters. The quantitative estimate of drug-likeness (QED) is 0.507. The van der Waals surface area contributed by atoms with Crippen molar-refractivity contribution in [2.24, 2.45) is 0 Å². The van der Waals surface area contributed by atoms with Crippen LogP contribution in [0.25, 0.3) is 22.1 Å². The summed E-state index contributed by atoms with van der Waals surface area (Å²) in [4.78, 5) is 28.4. The van der Waals surface area contributed by atoms with Gasteiger partial charge in [-0.1, -0.05) is 36.4 Å². The molecule has 5 rings (SSSR count). The van der Waals surface area contributed by atoms with Gasteiger partial charge in [-0.05, 0) is 29.8 Å². The van der Waals surface area contributed by atoms with E-state index < -0.39 is 0 Å². The first kappa shape index (κ1) is 16.2. The van der Waals surface area contributed by atoms with Crippen molar-refractivity contribution in [3.05, 3.63) is 89.1 Å². The van der Waals surface area contributed by atoms with Crippen molar-refractivity contribution in [2.45, 2.75) is 6.54 Å². The Morgan fingerprint density at radius 1 is 0.964 bits per heavy atom. The van der Waals surface area contributed by atoms with Gasteiger partial charge < -0.3 is 10.3 Å². The van der Waals surface area contributed by atoms with Gasteiger partial charge in [0.05, 0.1) is 24.1 Å². The highest BCUT2D eigenvalue weighted by atomic mass is 16.1. The number of nitrogens with zero attached hydrogens (tertiary/aromatic N) is 4. The molecule has 0 aliphatic heterocycles. The molecule has 0 aliphatic carbocycles. The number of hydrogen-bond acceptors (Lipinski definition) is 5. The van der Waals surface area contributed by atoms with Crippen molar-refractivity contribution >= 4 is 33.7 Å². The van der Waals surface area contributed by atoms with Crippen LogP contribution in [0, 0.1) is 0 Å².